The third kappa shape index (κ3) is 5.53. The molecule has 0 atom stereocenters. The number of rotatable bonds is 8. The molecule has 7 nitrogen and oxygen atoms in total. The Morgan fingerprint density at radius 3 is 2.74 bits per heavy atom. The molecule has 2 N–H and O–H groups in total. The second kappa shape index (κ2) is 9.97. The van der Waals surface area contributed by atoms with Crippen LogP contribution in [0.2, 0.25) is 0 Å². The first-order valence-corrected chi connectivity index (χ1v) is 10.4. The van der Waals surface area contributed by atoms with Gasteiger partial charge in [-0.25, -0.2) is 9.07 Å². The molecule has 31 heavy (non-hydrogen) atoms. The average molecular weight is 423 g/mol. The second-order valence-corrected chi connectivity index (χ2v) is 7.10. The van der Waals surface area contributed by atoms with Crippen LogP contribution in [0.25, 0.3) is 5.69 Å². The van der Waals surface area contributed by atoms with Gasteiger partial charge in [-0.3, -0.25) is 4.99 Å². The number of halogens is 1. The highest BCUT2D eigenvalue weighted by Gasteiger charge is 2.13. The number of fused-ring (bicyclic) bond motifs is 1. The van der Waals surface area contributed by atoms with E-state index in [4.69, 9.17) is 9.47 Å². The number of aliphatic imine (C=N–C) groups is 1. The predicted octanol–water partition coefficient (Wildman–Crippen LogP) is 3.08. The highest BCUT2D eigenvalue weighted by atomic mass is 19.1. The summed E-state index contributed by atoms with van der Waals surface area (Å²) in [6, 6.07) is 14.2. The van der Waals surface area contributed by atoms with Crippen molar-refractivity contribution in [1.82, 2.24) is 20.4 Å². The van der Waals surface area contributed by atoms with Gasteiger partial charge in [0.05, 0.1) is 11.4 Å². The molecular formula is C23H26FN5O2. The quantitative estimate of drug-likeness (QED) is 0.430. The van der Waals surface area contributed by atoms with E-state index in [1.165, 1.54) is 17.7 Å². The van der Waals surface area contributed by atoms with Gasteiger partial charge in [0, 0.05) is 32.3 Å². The number of nitrogens with one attached hydrogen (secondary N) is 2. The Kier molecular flexibility index (Phi) is 6.66. The summed E-state index contributed by atoms with van der Waals surface area (Å²) in [7, 11) is 0. The van der Waals surface area contributed by atoms with Crippen LogP contribution in [-0.2, 0) is 12.8 Å². The van der Waals surface area contributed by atoms with Gasteiger partial charge < -0.3 is 20.1 Å². The minimum Gasteiger partial charge on any atom is -0.454 e. The van der Waals surface area contributed by atoms with Crippen molar-refractivity contribution in [3.63, 3.8) is 0 Å². The number of nitrogens with zero attached hydrogens (tertiary/aromatic N) is 3. The molecule has 0 spiro atoms. The van der Waals surface area contributed by atoms with E-state index in [9.17, 15) is 4.39 Å². The van der Waals surface area contributed by atoms with Gasteiger partial charge in [0.25, 0.3) is 0 Å². The van der Waals surface area contributed by atoms with E-state index >= 15 is 0 Å². The highest BCUT2D eigenvalue weighted by molar-refractivity contribution is 5.79. The van der Waals surface area contributed by atoms with Crippen LogP contribution >= 0.6 is 0 Å². The van der Waals surface area contributed by atoms with Crippen LogP contribution in [0.4, 0.5) is 4.39 Å². The normalized spacial score (nSPS) is 12.8. The Balaban J connectivity index is 1.27. The molecule has 0 unspecified atom stereocenters. The lowest BCUT2D eigenvalue weighted by molar-refractivity contribution is 0.174. The van der Waals surface area contributed by atoms with Crippen molar-refractivity contribution in [3.8, 4) is 17.2 Å². The SMILES string of the molecule is CCNC(=NCCc1ccn(-c2ccc(F)cc2)n1)NCCc1ccc2c(c1)OCO2. The van der Waals surface area contributed by atoms with Crippen LogP contribution in [-0.4, -0.2) is 42.2 Å². The van der Waals surface area contributed by atoms with Crippen molar-refractivity contribution in [2.24, 2.45) is 4.99 Å². The number of aromatic nitrogens is 2. The number of hydrogen-bond donors (Lipinski definition) is 2. The molecule has 0 aliphatic carbocycles. The Hall–Kier alpha value is -3.55. The lowest BCUT2D eigenvalue weighted by atomic mass is 10.1. The predicted molar refractivity (Wildman–Crippen MR) is 117 cm³/mol. The molecule has 0 fully saturated rings. The van der Waals surface area contributed by atoms with E-state index < -0.39 is 0 Å². The summed E-state index contributed by atoms with van der Waals surface area (Å²) in [5, 5.41) is 11.2. The van der Waals surface area contributed by atoms with Crippen LogP contribution in [0.1, 0.15) is 18.2 Å². The van der Waals surface area contributed by atoms with Gasteiger partial charge in [0.15, 0.2) is 17.5 Å². The first kappa shape index (κ1) is 20.7. The van der Waals surface area contributed by atoms with E-state index in [2.05, 4.69) is 26.8 Å². The second-order valence-electron chi connectivity index (χ2n) is 7.10. The van der Waals surface area contributed by atoms with Gasteiger partial charge in [0.2, 0.25) is 6.79 Å². The molecule has 1 aliphatic heterocycles. The number of benzene rings is 2. The van der Waals surface area contributed by atoms with E-state index in [1.54, 1.807) is 16.8 Å². The highest BCUT2D eigenvalue weighted by Crippen LogP contribution is 2.32. The molecule has 2 aromatic carbocycles. The van der Waals surface area contributed by atoms with Crippen molar-refractivity contribution < 1.29 is 13.9 Å². The zero-order valence-corrected chi connectivity index (χ0v) is 17.5. The fourth-order valence-electron chi connectivity index (χ4n) is 3.28. The maximum atomic E-state index is 13.1. The van der Waals surface area contributed by atoms with Gasteiger partial charge in [-0.15, -0.1) is 0 Å². The molecule has 3 aromatic rings. The largest absolute Gasteiger partial charge is 0.454 e. The van der Waals surface area contributed by atoms with Crippen LogP contribution in [0.3, 0.4) is 0 Å². The average Bonchev–Trinajstić information content (AvgIpc) is 3.43. The monoisotopic (exact) mass is 423 g/mol. The van der Waals surface area contributed by atoms with Gasteiger partial charge in [-0.2, -0.15) is 5.10 Å². The molecule has 2 heterocycles. The Labute approximate surface area is 180 Å². The lowest BCUT2D eigenvalue weighted by Crippen LogP contribution is -2.38. The van der Waals surface area contributed by atoms with E-state index in [0.29, 0.717) is 13.0 Å². The molecule has 0 bridgehead atoms. The third-order valence-corrected chi connectivity index (χ3v) is 4.86. The van der Waals surface area contributed by atoms with Crippen LogP contribution in [0.15, 0.2) is 59.7 Å². The standard InChI is InChI=1S/C23H26FN5O2/c1-2-25-23(26-12-9-17-3-8-21-22(15-17)31-16-30-21)27-13-10-19-11-14-29(28-19)20-6-4-18(24)5-7-20/h3-8,11,14-15H,2,9-10,12-13,16H2,1H3,(H2,25,26,27). The third-order valence-electron chi connectivity index (χ3n) is 4.86. The molecule has 0 amide bonds. The van der Waals surface area contributed by atoms with Crippen molar-refractivity contribution in [2.75, 3.05) is 26.4 Å². The van der Waals surface area contributed by atoms with Crippen LogP contribution in [0, 0.1) is 5.82 Å². The Bertz CT molecular complexity index is 1030. The number of hydrogen-bond acceptors (Lipinski definition) is 4. The maximum Gasteiger partial charge on any atom is 0.231 e. The van der Waals surface area contributed by atoms with Gasteiger partial charge >= 0.3 is 0 Å². The zero-order valence-electron chi connectivity index (χ0n) is 17.5. The smallest absolute Gasteiger partial charge is 0.231 e. The summed E-state index contributed by atoms with van der Waals surface area (Å²) in [5.74, 6) is 2.13. The van der Waals surface area contributed by atoms with Crippen molar-refractivity contribution in [1.29, 1.82) is 0 Å². The number of guanidine groups is 1. The topological polar surface area (TPSA) is 72.7 Å². The molecule has 0 radical (unpaired) electrons. The molecule has 4 rings (SSSR count). The summed E-state index contributed by atoms with van der Waals surface area (Å²) in [6.07, 6.45) is 3.44. The summed E-state index contributed by atoms with van der Waals surface area (Å²) >= 11 is 0. The van der Waals surface area contributed by atoms with Gasteiger partial charge in [-0.05, 0) is 61.4 Å². The molecule has 1 aromatic heterocycles. The maximum absolute atomic E-state index is 13.1. The summed E-state index contributed by atoms with van der Waals surface area (Å²) < 4.78 is 25.6. The minimum absolute atomic E-state index is 0.257. The van der Waals surface area contributed by atoms with E-state index in [-0.39, 0.29) is 12.6 Å². The zero-order chi connectivity index (χ0) is 21.5. The van der Waals surface area contributed by atoms with E-state index in [1.807, 2.05) is 31.3 Å². The summed E-state index contributed by atoms with van der Waals surface area (Å²) in [4.78, 5) is 4.64. The first-order chi connectivity index (χ1) is 15.2. The summed E-state index contributed by atoms with van der Waals surface area (Å²) in [5.41, 5.74) is 2.94. The molecule has 8 heteroatoms. The van der Waals surface area contributed by atoms with E-state index in [0.717, 1.165) is 48.4 Å². The number of ether oxygens (including phenoxy) is 2. The van der Waals surface area contributed by atoms with Crippen molar-refractivity contribution in [3.05, 3.63) is 71.8 Å². The first-order valence-electron chi connectivity index (χ1n) is 10.4. The van der Waals surface area contributed by atoms with Crippen molar-refractivity contribution >= 4 is 5.96 Å². The molecule has 0 saturated heterocycles. The van der Waals surface area contributed by atoms with Crippen molar-refractivity contribution in [2.45, 2.75) is 19.8 Å². The fourth-order valence-corrected chi connectivity index (χ4v) is 3.28. The minimum atomic E-state index is -0.257. The molecule has 162 valence electrons. The van der Waals surface area contributed by atoms with Gasteiger partial charge in [-0.1, -0.05) is 6.07 Å². The molecule has 0 saturated carbocycles. The van der Waals surface area contributed by atoms with Gasteiger partial charge in [0.1, 0.15) is 5.82 Å². The molecule has 1 aliphatic rings. The lowest BCUT2D eigenvalue weighted by Gasteiger charge is -2.11. The van der Waals surface area contributed by atoms with Crippen LogP contribution in [0.5, 0.6) is 11.5 Å². The van der Waals surface area contributed by atoms with Crippen LogP contribution < -0.4 is 20.1 Å². The Morgan fingerprint density at radius 1 is 1.06 bits per heavy atom. The fraction of sp³-hybridized carbons (Fsp3) is 0.304. The Morgan fingerprint density at radius 2 is 1.90 bits per heavy atom. The summed E-state index contributed by atoms with van der Waals surface area (Å²) in [6.45, 7) is 4.48. The molecular weight excluding hydrogens is 397 g/mol.